The van der Waals surface area contributed by atoms with E-state index in [2.05, 4.69) is 20.0 Å². The van der Waals surface area contributed by atoms with Crippen molar-refractivity contribution in [1.29, 1.82) is 0 Å². The number of nitrogens with zero attached hydrogens (tertiary/aromatic N) is 4. The van der Waals surface area contributed by atoms with Crippen molar-refractivity contribution in [2.45, 2.75) is 13.0 Å². The van der Waals surface area contributed by atoms with E-state index in [9.17, 15) is 8.78 Å². The Balaban J connectivity index is 1.66. The monoisotopic (exact) mass is 326 g/mol. The number of halogens is 2. The molecular formula is C14H16F2N4O3. The van der Waals surface area contributed by atoms with Crippen LogP contribution in [0.15, 0.2) is 22.9 Å². The average Bonchev–Trinajstić information content (AvgIpc) is 3.03. The molecule has 0 atom stereocenters. The van der Waals surface area contributed by atoms with Gasteiger partial charge in [0, 0.05) is 25.4 Å². The summed E-state index contributed by atoms with van der Waals surface area (Å²) in [4.78, 5) is 10.5. The zero-order chi connectivity index (χ0) is 16.1. The highest BCUT2D eigenvalue weighted by atomic mass is 19.3. The molecule has 0 bridgehead atoms. The molecule has 9 heteroatoms. The second-order valence-electron chi connectivity index (χ2n) is 4.98. The maximum atomic E-state index is 12.2. The van der Waals surface area contributed by atoms with E-state index in [1.165, 1.54) is 18.3 Å². The van der Waals surface area contributed by atoms with E-state index < -0.39 is 13.0 Å². The third-order valence-corrected chi connectivity index (χ3v) is 3.27. The van der Waals surface area contributed by atoms with Crippen molar-refractivity contribution in [3.63, 3.8) is 0 Å². The second-order valence-corrected chi connectivity index (χ2v) is 4.98. The van der Waals surface area contributed by atoms with Crippen LogP contribution >= 0.6 is 0 Å². The molecule has 0 saturated carbocycles. The first kappa shape index (κ1) is 15.8. The Morgan fingerprint density at radius 1 is 1.30 bits per heavy atom. The maximum Gasteiger partial charge on any atom is 0.272 e. The molecule has 124 valence electrons. The Labute approximate surface area is 131 Å². The summed E-state index contributed by atoms with van der Waals surface area (Å²) >= 11 is 0. The van der Waals surface area contributed by atoms with Crippen LogP contribution in [0.4, 0.5) is 8.78 Å². The van der Waals surface area contributed by atoms with Crippen molar-refractivity contribution in [3.05, 3.63) is 24.2 Å². The van der Waals surface area contributed by atoms with Gasteiger partial charge in [0.25, 0.3) is 6.43 Å². The van der Waals surface area contributed by atoms with Gasteiger partial charge in [0.15, 0.2) is 0 Å². The van der Waals surface area contributed by atoms with Gasteiger partial charge in [-0.1, -0.05) is 5.16 Å². The van der Waals surface area contributed by atoms with Crippen molar-refractivity contribution >= 4 is 0 Å². The van der Waals surface area contributed by atoms with E-state index in [1.807, 2.05) is 0 Å². The topological polar surface area (TPSA) is 73.5 Å². The van der Waals surface area contributed by atoms with Crippen LogP contribution in [0, 0.1) is 0 Å². The smallest absolute Gasteiger partial charge is 0.272 e. The number of aromatic nitrogens is 3. The number of hydrogen-bond donors (Lipinski definition) is 0. The van der Waals surface area contributed by atoms with Crippen molar-refractivity contribution in [3.8, 4) is 17.3 Å². The molecule has 2 aromatic rings. The van der Waals surface area contributed by atoms with E-state index >= 15 is 0 Å². The lowest BCUT2D eigenvalue weighted by Crippen LogP contribution is -2.35. The van der Waals surface area contributed by atoms with Crippen LogP contribution in [0.3, 0.4) is 0 Å². The SMILES string of the molecule is FC(F)COc1ccnc(-c2noc(CN3CCOCC3)n2)c1. The minimum absolute atomic E-state index is 0.287. The molecule has 0 unspecified atom stereocenters. The molecule has 0 amide bonds. The van der Waals surface area contributed by atoms with Crippen molar-refractivity contribution in [1.82, 2.24) is 20.0 Å². The molecule has 3 rings (SSSR count). The Bertz CT molecular complexity index is 632. The van der Waals surface area contributed by atoms with Gasteiger partial charge in [-0.2, -0.15) is 4.98 Å². The van der Waals surface area contributed by atoms with E-state index in [4.69, 9.17) is 14.0 Å². The van der Waals surface area contributed by atoms with Crippen LogP contribution < -0.4 is 4.74 Å². The van der Waals surface area contributed by atoms with Crippen LogP contribution in [0.1, 0.15) is 5.89 Å². The molecule has 0 N–H and O–H groups in total. The molecule has 3 heterocycles. The quantitative estimate of drug-likeness (QED) is 0.798. The molecule has 2 aromatic heterocycles. The number of ether oxygens (including phenoxy) is 2. The van der Waals surface area contributed by atoms with Gasteiger partial charge >= 0.3 is 0 Å². The molecular weight excluding hydrogens is 310 g/mol. The molecule has 0 radical (unpaired) electrons. The zero-order valence-corrected chi connectivity index (χ0v) is 12.3. The minimum Gasteiger partial charge on any atom is -0.488 e. The van der Waals surface area contributed by atoms with Gasteiger partial charge in [-0.25, -0.2) is 8.78 Å². The lowest BCUT2D eigenvalue weighted by Gasteiger charge is -2.24. The first-order valence-electron chi connectivity index (χ1n) is 7.21. The largest absolute Gasteiger partial charge is 0.488 e. The fourth-order valence-electron chi connectivity index (χ4n) is 2.16. The Morgan fingerprint density at radius 2 is 2.13 bits per heavy atom. The second kappa shape index (κ2) is 7.42. The summed E-state index contributed by atoms with van der Waals surface area (Å²) in [5.74, 6) is 1.06. The number of rotatable bonds is 6. The lowest BCUT2D eigenvalue weighted by atomic mass is 10.3. The lowest BCUT2D eigenvalue weighted by molar-refractivity contribution is 0.0297. The number of pyridine rings is 1. The molecule has 1 aliphatic rings. The molecule has 23 heavy (non-hydrogen) atoms. The standard InChI is InChI=1S/C14H16F2N4O3/c15-12(16)9-22-10-1-2-17-11(7-10)14-18-13(23-19-14)8-20-3-5-21-6-4-20/h1-2,7,12H,3-6,8-9H2. The van der Waals surface area contributed by atoms with E-state index in [0.717, 1.165) is 13.1 Å². The van der Waals surface area contributed by atoms with Gasteiger partial charge < -0.3 is 14.0 Å². The first-order valence-corrected chi connectivity index (χ1v) is 7.21. The molecule has 0 aromatic carbocycles. The van der Waals surface area contributed by atoms with Gasteiger partial charge in [0.2, 0.25) is 11.7 Å². The maximum absolute atomic E-state index is 12.2. The highest BCUT2D eigenvalue weighted by molar-refractivity contribution is 5.50. The summed E-state index contributed by atoms with van der Waals surface area (Å²) < 4.78 is 39.8. The average molecular weight is 326 g/mol. The summed E-state index contributed by atoms with van der Waals surface area (Å²) in [5, 5.41) is 3.88. The molecule has 1 saturated heterocycles. The predicted molar refractivity (Wildman–Crippen MR) is 75.1 cm³/mol. The third kappa shape index (κ3) is 4.42. The van der Waals surface area contributed by atoms with Crippen LogP contribution in [0.25, 0.3) is 11.5 Å². The van der Waals surface area contributed by atoms with E-state index in [1.54, 1.807) is 0 Å². The van der Waals surface area contributed by atoms with Gasteiger partial charge in [-0.15, -0.1) is 0 Å². The van der Waals surface area contributed by atoms with E-state index in [-0.39, 0.29) is 5.75 Å². The summed E-state index contributed by atoms with van der Waals surface area (Å²) in [6.45, 7) is 2.87. The van der Waals surface area contributed by atoms with Crippen LogP contribution in [0.2, 0.25) is 0 Å². The Kier molecular flexibility index (Phi) is 5.09. The summed E-state index contributed by atoms with van der Waals surface area (Å²) in [6, 6.07) is 3.01. The molecule has 7 nitrogen and oxygen atoms in total. The van der Waals surface area contributed by atoms with Crippen LogP contribution in [0.5, 0.6) is 5.75 Å². The highest BCUT2D eigenvalue weighted by Gasteiger charge is 2.16. The molecule has 0 spiro atoms. The number of hydrogen-bond acceptors (Lipinski definition) is 7. The van der Waals surface area contributed by atoms with Gasteiger partial charge in [0.1, 0.15) is 18.1 Å². The Hall–Kier alpha value is -2.13. The van der Waals surface area contributed by atoms with Gasteiger partial charge in [-0.3, -0.25) is 9.88 Å². The molecule has 0 aliphatic carbocycles. The summed E-state index contributed by atoms with van der Waals surface area (Å²) in [7, 11) is 0. The zero-order valence-electron chi connectivity index (χ0n) is 12.3. The Morgan fingerprint density at radius 3 is 2.91 bits per heavy atom. The summed E-state index contributed by atoms with van der Waals surface area (Å²) in [5.41, 5.74) is 0.411. The molecule has 1 fully saturated rings. The van der Waals surface area contributed by atoms with Crippen molar-refractivity contribution < 1.29 is 22.8 Å². The van der Waals surface area contributed by atoms with Crippen LogP contribution in [-0.2, 0) is 11.3 Å². The third-order valence-electron chi connectivity index (χ3n) is 3.27. The fourth-order valence-corrected chi connectivity index (χ4v) is 2.16. The fraction of sp³-hybridized carbons (Fsp3) is 0.500. The van der Waals surface area contributed by atoms with Crippen molar-refractivity contribution in [2.75, 3.05) is 32.9 Å². The van der Waals surface area contributed by atoms with Crippen molar-refractivity contribution in [2.24, 2.45) is 0 Å². The number of morpholine rings is 1. The number of alkyl halides is 2. The highest BCUT2D eigenvalue weighted by Crippen LogP contribution is 2.20. The van der Waals surface area contributed by atoms with Gasteiger partial charge in [0.05, 0.1) is 19.8 Å². The van der Waals surface area contributed by atoms with Crippen LogP contribution in [-0.4, -0.2) is 59.4 Å². The minimum atomic E-state index is -2.53. The van der Waals surface area contributed by atoms with E-state index in [0.29, 0.717) is 37.2 Å². The molecule has 1 aliphatic heterocycles. The predicted octanol–water partition coefficient (Wildman–Crippen LogP) is 1.61. The normalized spacial score (nSPS) is 16.0. The first-order chi connectivity index (χ1) is 11.2. The summed E-state index contributed by atoms with van der Waals surface area (Å²) in [6.07, 6.45) is -1.08. The van der Waals surface area contributed by atoms with Gasteiger partial charge in [-0.05, 0) is 6.07 Å².